The SMILES string of the molecule is CN(/C=C(/C#N)C(=O)NC(c1ccccc1)c1ccccc1)c1ccc(O)cc1. The van der Waals surface area contributed by atoms with Gasteiger partial charge in [0.1, 0.15) is 17.4 Å². The fraction of sp³-hybridized carbons (Fsp3) is 0.0833. The number of aromatic hydroxyl groups is 1. The van der Waals surface area contributed by atoms with Crippen molar-refractivity contribution in [2.24, 2.45) is 0 Å². The van der Waals surface area contributed by atoms with E-state index in [1.165, 1.54) is 6.20 Å². The molecular weight excluding hydrogens is 362 g/mol. The van der Waals surface area contributed by atoms with Gasteiger partial charge < -0.3 is 15.3 Å². The van der Waals surface area contributed by atoms with Crippen molar-refractivity contribution >= 4 is 11.6 Å². The van der Waals surface area contributed by atoms with Crippen LogP contribution in [0.3, 0.4) is 0 Å². The first kappa shape index (κ1) is 19.7. The Kier molecular flexibility index (Phi) is 6.29. The minimum Gasteiger partial charge on any atom is -0.508 e. The minimum atomic E-state index is -0.462. The number of amides is 1. The topological polar surface area (TPSA) is 76.4 Å². The van der Waals surface area contributed by atoms with Crippen molar-refractivity contribution in [3.63, 3.8) is 0 Å². The van der Waals surface area contributed by atoms with Gasteiger partial charge in [0, 0.05) is 18.9 Å². The van der Waals surface area contributed by atoms with E-state index < -0.39 is 5.91 Å². The van der Waals surface area contributed by atoms with Gasteiger partial charge in [-0.25, -0.2) is 0 Å². The van der Waals surface area contributed by atoms with E-state index in [1.807, 2.05) is 66.7 Å². The summed E-state index contributed by atoms with van der Waals surface area (Å²) < 4.78 is 0. The molecule has 0 saturated heterocycles. The van der Waals surface area contributed by atoms with E-state index in [1.54, 1.807) is 36.2 Å². The molecule has 1 amide bonds. The minimum absolute atomic E-state index is 0.0163. The fourth-order valence-electron chi connectivity index (χ4n) is 2.95. The van der Waals surface area contributed by atoms with E-state index in [2.05, 4.69) is 5.32 Å². The Hall–Kier alpha value is -4.04. The molecule has 0 saturated carbocycles. The van der Waals surface area contributed by atoms with Crippen molar-refractivity contribution in [1.82, 2.24) is 5.32 Å². The van der Waals surface area contributed by atoms with Crippen LogP contribution in [0.15, 0.2) is 96.7 Å². The number of benzene rings is 3. The Morgan fingerprint density at radius 1 is 0.966 bits per heavy atom. The van der Waals surface area contributed by atoms with E-state index in [0.717, 1.165) is 16.8 Å². The summed E-state index contributed by atoms with van der Waals surface area (Å²) in [6, 6.07) is 27.4. The van der Waals surface area contributed by atoms with Crippen LogP contribution in [0.2, 0.25) is 0 Å². The summed E-state index contributed by atoms with van der Waals surface area (Å²) in [4.78, 5) is 14.5. The predicted octanol–water partition coefficient (Wildman–Crippen LogP) is 4.14. The highest BCUT2D eigenvalue weighted by Crippen LogP contribution is 2.23. The van der Waals surface area contributed by atoms with E-state index in [9.17, 15) is 15.2 Å². The highest BCUT2D eigenvalue weighted by molar-refractivity contribution is 5.98. The molecule has 0 heterocycles. The molecule has 144 valence electrons. The van der Waals surface area contributed by atoms with Gasteiger partial charge >= 0.3 is 0 Å². The molecule has 0 aliphatic heterocycles. The third kappa shape index (κ3) is 5.02. The first-order chi connectivity index (χ1) is 14.1. The average molecular weight is 383 g/mol. The maximum Gasteiger partial charge on any atom is 0.264 e. The second kappa shape index (κ2) is 9.25. The summed E-state index contributed by atoms with van der Waals surface area (Å²) in [5.74, 6) is -0.311. The lowest BCUT2D eigenvalue weighted by Gasteiger charge is -2.20. The summed E-state index contributed by atoms with van der Waals surface area (Å²) in [5, 5.41) is 21.9. The van der Waals surface area contributed by atoms with Crippen molar-refractivity contribution in [3.05, 3.63) is 108 Å². The van der Waals surface area contributed by atoms with Crippen molar-refractivity contribution < 1.29 is 9.90 Å². The van der Waals surface area contributed by atoms with Crippen molar-refractivity contribution in [2.45, 2.75) is 6.04 Å². The Morgan fingerprint density at radius 3 is 1.97 bits per heavy atom. The van der Waals surface area contributed by atoms with Crippen LogP contribution in [-0.2, 0) is 4.79 Å². The molecule has 0 aromatic heterocycles. The molecule has 5 heteroatoms. The third-order valence-corrected chi connectivity index (χ3v) is 4.49. The highest BCUT2D eigenvalue weighted by atomic mass is 16.3. The molecule has 3 aromatic rings. The monoisotopic (exact) mass is 383 g/mol. The van der Waals surface area contributed by atoms with E-state index in [-0.39, 0.29) is 17.4 Å². The molecule has 0 spiro atoms. The molecule has 0 unspecified atom stereocenters. The Morgan fingerprint density at radius 2 is 1.48 bits per heavy atom. The van der Waals surface area contributed by atoms with Gasteiger partial charge in [-0.3, -0.25) is 4.79 Å². The zero-order valence-electron chi connectivity index (χ0n) is 16.0. The number of nitriles is 1. The molecule has 0 bridgehead atoms. The number of rotatable bonds is 6. The second-order valence-electron chi connectivity index (χ2n) is 6.51. The number of phenolic OH excluding ortho intramolecular Hbond substituents is 1. The number of anilines is 1. The van der Waals surface area contributed by atoms with Crippen molar-refractivity contribution in [3.8, 4) is 11.8 Å². The maximum absolute atomic E-state index is 12.9. The van der Waals surface area contributed by atoms with Crippen LogP contribution in [0.1, 0.15) is 17.2 Å². The van der Waals surface area contributed by atoms with Gasteiger partial charge in [0.2, 0.25) is 0 Å². The molecule has 3 aromatic carbocycles. The van der Waals surface area contributed by atoms with Crippen LogP contribution in [0.25, 0.3) is 0 Å². The largest absolute Gasteiger partial charge is 0.508 e. The number of carbonyl (C=O) groups is 1. The van der Waals surface area contributed by atoms with Gasteiger partial charge in [-0.05, 0) is 35.4 Å². The standard InChI is InChI=1S/C24H21N3O2/c1-27(21-12-14-22(28)15-13-21)17-20(16-25)24(29)26-23(18-8-4-2-5-9-18)19-10-6-3-7-11-19/h2-15,17,23,28H,1H3,(H,26,29)/b20-17-. The lowest BCUT2D eigenvalue weighted by Crippen LogP contribution is -2.31. The number of phenols is 1. The zero-order chi connectivity index (χ0) is 20.6. The van der Waals surface area contributed by atoms with Gasteiger partial charge in [0.25, 0.3) is 5.91 Å². The normalized spacial score (nSPS) is 11.0. The Labute approximate surface area is 170 Å². The van der Waals surface area contributed by atoms with E-state index >= 15 is 0 Å². The van der Waals surface area contributed by atoms with Gasteiger partial charge in [-0.15, -0.1) is 0 Å². The Balaban J connectivity index is 1.86. The molecule has 0 aliphatic rings. The first-order valence-corrected chi connectivity index (χ1v) is 9.13. The molecule has 5 nitrogen and oxygen atoms in total. The summed E-state index contributed by atoms with van der Waals surface area (Å²) in [5.41, 5.74) is 2.58. The molecule has 3 rings (SSSR count). The average Bonchev–Trinajstić information content (AvgIpc) is 2.77. The van der Waals surface area contributed by atoms with Gasteiger partial charge in [0.15, 0.2) is 0 Å². The van der Waals surface area contributed by atoms with E-state index in [4.69, 9.17) is 0 Å². The Bertz CT molecular complexity index is 984. The number of hydrogen-bond donors (Lipinski definition) is 2. The van der Waals surface area contributed by atoms with Crippen molar-refractivity contribution in [1.29, 1.82) is 5.26 Å². The lowest BCUT2D eigenvalue weighted by atomic mass is 9.98. The predicted molar refractivity (Wildman–Crippen MR) is 113 cm³/mol. The van der Waals surface area contributed by atoms with Crippen LogP contribution >= 0.6 is 0 Å². The summed E-state index contributed by atoms with van der Waals surface area (Å²) >= 11 is 0. The van der Waals surface area contributed by atoms with Crippen LogP contribution in [0.5, 0.6) is 5.75 Å². The molecule has 2 N–H and O–H groups in total. The molecule has 0 aliphatic carbocycles. The summed E-state index contributed by atoms with van der Waals surface area (Å²) in [6.45, 7) is 0. The first-order valence-electron chi connectivity index (χ1n) is 9.13. The fourth-order valence-corrected chi connectivity index (χ4v) is 2.95. The number of hydrogen-bond acceptors (Lipinski definition) is 4. The molecule has 0 fully saturated rings. The number of nitrogens with zero attached hydrogens (tertiary/aromatic N) is 2. The van der Waals surface area contributed by atoms with Gasteiger partial charge in [-0.2, -0.15) is 5.26 Å². The van der Waals surface area contributed by atoms with Crippen LogP contribution in [0, 0.1) is 11.3 Å². The molecule has 0 radical (unpaired) electrons. The van der Waals surface area contributed by atoms with Crippen molar-refractivity contribution in [2.75, 3.05) is 11.9 Å². The second-order valence-corrected chi connectivity index (χ2v) is 6.51. The van der Waals surface area contributed by atoms with Crippen LogP contribution in [0.4, 0.5) is 5.69 Å². The lowest BCUT2D eigenvalue weighted by molar-refractivity contribution is -0.117. The van der Waals surface area contributed by atoms with Gasteiger partial charge in [-0.1, -0.05) is 60.7 Å². The van der Waals surface area contributed by atoms with Gasteiger partial charge in [0.05, 0.1) is 6.04 Å². The highest BCUT2D eigenvalue weighted by Gasteiger charge is 2.19. The van der Waals surface area contributed by atoms with Crippen LogP contribution in [-0.4, -0.2) is 18.1 Å². The van der Waals surface area contributed by atoms with Crippen LogP contribution < -0.4 is 10.2 Å². The quantitative estimate of drug-likeness (QED) is 0.495. The molecule has 0 atom stereocenters. The zero-order valence-corrected chi connectivity index (χ0v) is 16.0. The number of nitrogens with one attached hydrogen (secondary N) is 1. The smallest absolute Gasteiger partial charge is 0.264 e. The summed E-state index contributed by atoms with van der Waals surface area (Å²) in [7, 11) is 1.74. The number of carbonyl (C=O) groups excluding carboxylic acids is 1. The summed E-state index contributed by atoms with van der Waals surface area (Å²) in [6.07, 6.45) is 1.48. The maximum atomic E-state index is 12.9. The van der Waals surface area contributed by atoms with E-state index in [0.29, 0.717) is 0 Å². The molecule has 29 heavy (non-hydrogen) atoms. The third-order valence-electron chi connectivity index (χ3n) is 4.49. The molecular formula is C24H21N3O2.